The van der Waals surface area contributed by atoms with E-state index in [9.17, 15) is 14.5 Å². The van der Waals surface area contributed by atoms with Crippen LogP contribution in [0.4, 0.5) is 15.9 Å². The SMILES string of the molecule is CC(Nc1ccc([N+](=O)[O-])c(C#N)n1)c1ccccc1F. The summed E-state index contributed by atoms with van der Waals surface area (Å²) in [5, 5.41) is 22.5. The monoisotopic (exact) mass is 286 g/mol. The Kier molecular flexibility index (Phi) is 4.09. The molecule has 2 aromatic rings. The molecule has 6 nitrogen and oxygen atoms in total. The van der Waals surface area contributed by atoms with Gasteiger partial charge in [0.05, 0.1) is 11.0 Å². The normalized spacial score (nSPS) is 11.5. The van der Waals surface area contributed by atoms with E-state index in [4.69, 9.17) is 5.26 Å². The summed E-state index contributed by atoms with van der Waals surface area (Å²) in [5.74, 6) is -0.0900. The first-order valence-electron chi connectivity index (χ1n) is 6.09. The number of nitriles is 1. The van der Waals surface area contributed by atoms with Gasteiger partial charge in [-0.1, -0.05) is 18.2 Å². The van der Waals surface area contributed by atoms with Crippen LogP contribution in [0, 0.1) is 27.3 Å². The molecule has 0 spiro atoms. The molecule has 1 atom stereocenters. The van der Waals surface area contributed by atoms with Gasteiger partial charge in [0.15, 0.2) is 0 Å². The molecule has 0 aliphatic heterocycles. The van der Waals surface area contributed by atoms with Gasteiger partial charge >= 0.3 is 5.69 Å². The van der Waals surface area contributed by atoms with Gasteiger partial charge in [0, 0.05) is 11.6 Å². The Labute approximate surface area is 120 Å². The van der Waals surface area contributed by atoms with Crippen LogP contribution in [0.25, 0.3) is 0 Å². The molecule has 2 rings (SSSR count). The summed E-state index contributed by atoms with van der Waals surface area (Å²) < 4.78 is 13.7. The van der Waals surface area contributed by atoms with Crippen LogP contribution in [0.1, 0.15) is 24.2 Å². The molecule has 1 N–H and O–H groups in total. The van der Waals surface area contributed by atoms with Crippen LogP contribution in [0.5, 0.6) is 0 Å². The highest BCUT2D eigenvalue weighted by molar-refractivity contribution is 5.51. The standard InChI is InChI=1S/C14H11FN4O2/c1-9(10-4-2-3-5-11(10)15)17-14-7-6-13(19(20)21)12(8-16)18-14/h2-7,9H,1H3,(H,17,18). The fourth-order valence-electron chi connectivity index (χ4n) is 1.89. The van der Waals surface area contributed by atoms with E-state index in [2.05, 4.69) is 10.3 Å². The molecule has 0 fully saturated rings. The zero-order valence-electron chi connectivity index (χ0n) is 11.1. The third kappa shape index (κ3) is 3.12. The minimum Gasteiger partial charge on any atom is -0.363 e. The molecule has 0 bridgehead atoms. The summed E-state index contributed by atoms with van der Waals surface area (Å²) in [5.41, 5.74) is -0.205. The lowest BCUT2D eigenvalue weighted by molar-refractivity contribution is -0.385. The van der Waals surface area contributed by atoms with Crippen LogP contribution >= 0.6 is 0 Å². The van der Waals surface area contributed by atoms with Crippen molar-refractivity contribution in [2.24, 2.45) is 0 Å². The molecule has 21 heavy (non-hydrogen) atoms. The van der Waals surface area contributed by atoms with Crippen molar-refractivity contribution in [1.82, 2.24) is 4.98 Å². The average molecular weight is 286 g/mol. The van der Waals surface area contributed by atoms with E-state index in [1.807, 2.05) is 0 Å². The van der Waals surface area contributed by atoms with Gasteiger partial charge in [-0.2, -0.15) is 5.26 Å². The van der Waals surface area contributed by atoms with Crippen LogP contribution in [-0.2, 0) is 0 Å². The quantitative estimate of drug-likeness (QED) is 0.688. The third-order valence-corrected chi connectivity index (χ3v) is 2.91. The first-order chi connectivity index (χ1) is 10.0. The van der Waals surface area contributed by atoms with Gasteiger partial charge in [0.2, 0.25) is 5.69 Å². The summed E-state index contributed by atoms with van der Waals surface area (Å²) in [6.45, 7) is 1.73. The molecule has 1 aromatic heterocycles. The van der Waals surface area contributed by atoms with Crippen molar-refractivity contribution in [2.45, 2.75) is 13.0 Å². The molecule has 0 aliphatic carbocycles. The molecule has 0 radical (unpaired) electrons. The maximum absolute atomic E-state index is 13.7. The second-order valence-corrected chi connectivity index (χ2v) is 4.32. The van der Waals surface area contributed by atoms with E-state index in [0.29, 0.717) is 5.56 Å². The molecule has 7 heteroatoms. The van der Waals surface area contributed by atoms with Crippen LogP contribution in [0.2, 0.25) is 0 Å². The Bertz CT molecular complexity index is 727. The van der Waals surface area contributed by atoms with Gasteiger partial charge in [-0.3, -0.25) is 10.1 Å². The van der Waals surface area contributed by atoms with Crippen LogP contribution in [0.15, 0.2) is 36.4 Å². The fraction of sp³-hybridized carbons (Fsp3) is 0.143. The zero-order chi connectivity index (χ0) is 15.4. The van der Waals surface area contributed by atoms with Gasteiger partial charge in [0.1, 0.15) is 17.7 Å². The van der Waals surface area contributed by atoms with Crippen molar-refractivity contribution in [3.05, 3.63) is 63.6 Å². The van der Waals surface area contributed by atoms with Crippen molar-refractivity contribution in [1.29, 1.82) is 5.26 Å². The largest absolute Gasteiger partial charge is 0.363 e. The highest BCUT2D eigenvalue weighted by atomic mass is 19.1. The van der Waals surface area contributed by atoms with Crippen LogP contribution < -0.4 is 5.32 Å². The molecule has 0 amide bonds. The van der Waals surface area contributed by atoms with Crippen molar-refractivity contribution in [2.75, 3.05) is 5.32 Å². The summed E-state index contributed by atoms with van der Waals surface area (Å²) in [6.07, 6.45) is 0. The molecule has 106 valence electrons. The first-order valence-corrected chi connectivity index (χ1v) is 6.09. The first kappa shape index (κ1) is 14.4. The van der Waals surface area contributed by atoms with Crippen LogP contribution in [0.3, 0.4) is 0 Å². The lowest BCUT2D eigenvalue weighted by atomic mass is 10.1. The van der Waals surface area contributed by atoms with Gasteiger partial charge < -0.3 is 5.32 Å². The van der Waals surface area contributed by atoms with Crippen molar-refractivity contribution < 1.29 is 9.31 Å². The number of halogens is 1. The summed E-state index contributed by atoms with van der Waals surface area (Å²) in [6, 6.07) is 10.1. The number of hydrogen-bond acceptors (Lipinski definition) is 5. The number of nitrogens with one attached hydrogen (secondary N) is 1. The zero-order valence-corrected chi connectivity index (χ0v) is 11.1. The van der Waals surface area contributed by atoms with E-state index >= 15 is 0 Å². The average Bonchev–Trinajstić information content (AvgIpc) is 2.47. The Morgan fingerprint density at radius 1 is 1.38 bits per heavy atom. The maximum atomic E-state index is 13.7. The number of anilines is 1. The molecular weight excluding hydrogens is 275 g/mol. The fourth-order valence-corrected chi connectivity index (χ4v) is 1.89. The topological polar surface area (TPSA) is 91.9 Å². The maximum Gasteiger partial charge on any atom is 0.305 e. The summed E-state index contributed by atoms with van der Waals surface area (Å²) in [4.78, 5) is 13.9. The lowest BCUT2D eigenvalue weighted by Gasteiger charge is -2.15. The molecule has 0 saturated carbocycles. The second-order valence-electron chi connectivity index (χ2n) is 4.32. The second kappa shape index (κ2) is 5.96. The van der Waals surface area contributed by atoms with Gasteiger partial charge in [0.25, 0.3) is 0 Å². The predicted octanol–water partition coefficient (Wildman–Crippen LogP) is 3.17. The van der Waals surface area contributed by atoms with Crippen LogP contribution in [-0.4, -0.2) is 9.91 Å². The van der Waals surface area contributed by atoms with E-state index in [-0.39, 0.29) is 23.0 Å². The minimum absolute atomic E-state index is 0.271. The van der Waals surface area contributed by atoms with E-state index < -0.39 is 11.0 Å². The molecule has 1 aromatic carbocycles. The summed E-state index contributed by atoms with van der Waals surface area (Å²) in [7, 11) is 0. The molecule has 1 unspecified atom stereocenters. The minimum atomic E-state index is -0.671. The number of rotatable bonds is 4. The Hall–Kier alpha value is -3.01. The Morgan fingerprint density at radius 3 is 2.71 bits per heavy atom. The van der Waals surface area contributed by atoms with Gasteiger partial charge in [-0.25, -0.2) is 9.37 Å². The number of nitrogens with zero attached hydrogens (tertiary/aromatic N) is 3. The van der Waals surface area contributed by atoms with Crippen molar-refractivity contribution in [3.8, 4) is 6.07 Å². The van der Waals surface area contributed by atoms with E-state index in [1.165, 1.54) is 18.2 Å². The van der Waals surface area contributed by atoms with Crippen molar-refractivity contribution >= 4 is 11.5 Å². The predicted molar refractivity (Wildman–Crippen MR) is 74.0 cm³/mol. The Morgan fingerprint density at radius 2 is 2.10 bits per heavy atom. The van der Waals surface area contributed by atoms with Crippen molar-refractivity contribution in [3.63, 3.8) is 0 Å². The summed E-state index contributed by atoms with van der Waals surface area (Å²) >= 11 is 0. The Balaban J connectivity index is 2.27. The number of nitro groups is 1. The number of pyridine rings is 1. The van der Waals surface area contributed by atoms with Gasteiger partial charge in [-0.05, 0) is 19.1 Å². The van der Waals surface area contributed by atoms with E-state index in [1.54, 1.807) is 31.2 Å². The number of hydrogen-bond donors (Lipinski definition) is 1. The lowest BCUT2D eigenvalue weighted by Crippen LogP contribution is -2.10. The van der Waals surface area contributed by atoms with Gasteiger partial charge in [-0.15, -0.1) is 0 Å². The highest BCUT2D eigenvalue weighted by Crippen LogP contribution is 2.23. The molecule has 1 heterocycles. The third-order valence-electron chi connectivity index (χ3n) is 2.91. The smallest absolute Gasteiger partial charge is 0.305 e. The molecule has 0 aliphatic rings. The highest BCUT2D eigenvalue weighted by Gasteiger charge is 2.17. The molecular formula is C14H11FN4O2. The molecule has 0 saturated heterocycles. The number of aromatic nitrogens is 1. The number of benzene rings is 1. The van der Waals surface area contributed by atoms with E-state index in [0.717, 1.165) is 0 Å².